The molecule has 1 aliphatic rings. The van der Waals surface area contributed by atoms with E-state index in [-0.39, 0.29) is 0 Å². The lowest BCUT2D eigenvalue weighted by Gasteiger charge is -2.05. The second-order valence-electron chi connectivity index (χ2n) is 3.83. The largest absolute Gasteiger partial charge is 0.385 e. The first-order chi connectivity index (χ1) is 5.54. The normalized spacial score (nSPS) is 33.8. The van der Waals surface area contributed by atoms with Crippen LogP contribution in [0.4, 0.5) is 0 Å². The second kappa shape index (κ2) is 2.10. The second-order valence-corrected chi connectivity index (χ2v) is 3.83. The van der Waals surface area contributed by atoms with E-state index in [1.165, 1.54) is 0 Å². The zero-order chi connectivity index (χ0) is 8.93. The van der Waals surface area contributed by atoms with Gasteiger partial charge in [-0.3, -0.25) is 4.68 Å². The van der Waals surface area contributed by atoms with Gasteiger partial charge in [0, 0.05) is 18.8 Å². The quantitative estimate of drug-likeness (QED) is 0.674. The Hall–Kier alpha value is -0.830. The van der Waals surface area contributed by atoms with Crippen molar-refractivity contribution in [1.29, 1.82) is 0 Å². The molecule has 2 rings (SSSR count). The van der Waals surface area contributed by atoms with Crippen LogP contribution in [0.15, 0.2) is 6.20 Å². The number of rotatable bonds is 1. The number of aliphatic hydroxyl groups is 1. The number of hydrogen-bond acceptors (Lipinski definition) is 2. The molecule has 3 nitrogen and oxygen atoms in total. The van der Waals surface area contributed by atoms with E-state index < -0.39 is 5.60 Å². The van der Waals surface area contributed by atoms with E-state index in [0.29, 0.717) is 5.92 Å². The molecule has 12 heavy (non-hydrogen) atoms. The van der Waals surface area contributed by atoms with E-state index in [1.807, 2.05) is 20.2 Å². The summed E-state index contributed by atoms with van der Waals surface area (Å²) in [7, 11) is 1.88. The van der Waals surface area contributed by atoms with Gasteiger partial charge in [0.25, 0.3) is 0 Å². The SMILES string of the molecule is Cc1nn(C)cc1C1(O)CC1C. The molecule has 2 unspecified atom stereocenters. The zero-order valence-corrected chi connectivity index (χ0v) is 7.70. The number of hydrogen-bond donors (Lipinski definition) is 1. The van der Waals surface area contributed by atoms with Gasteiger partial charge in [-0.25, -0.2) is 0 Å². The Balaban J connectivity index is 2.41. The Bertz CT molecular complexity index is 318. The molecule has 1 N–H and O–H groups in total. The Morgan fingerprint density at radius 2 is 2.33 bits per heavy atom. The summed E-state index contributed by atoms with van der Waals surface area (Å²) in [6.45, 7) is 4.00. The summed E-state index contributed by atoms with van der Waals surface area (Å²) in [6.07, 6.45) is 2.79. The number of aryl methyl sites for hydroxylation is 2. The minimum Gasteiger partial charge on any atom is -0.385 e. The van der Waals surface area contributed by atoms with Crippen LogP contribution < -0.4 is 0 Å². The molecular formula is C9H14N2O. The number of nitrogens with zero attached hydrogens (tertiary/aromatic N) is 2. The van der Waals surface area contributed by atoms with Crippen LogP contribution in [0.3, 0.4) is 0 Å². The molecule has 0 aliphatic heterocycles. The maximum atomic E-state index is 10.0. The Labute approximate surface area is 72.0 Å². The predicted octanol–water partition coefficient (Wildman–Crippen LogP) is 0.956. The van der Waals surface area contributed by atoms with Crippen molar-refractivity contribution in [1.82, 2.24) is 9.78 Å². The highest BCUT2D eigenvalue weighted by Gasteiger charge is 2.52. The summed E-state index contributed by atoms with van der Waals surface area (Å²) in [5.41, 5.74) is 1.38. The van der Waals surface area contributed by atoms with E-state index in [9.17, 15) is 5.11 Å². The molecule has 0 radical (unpaired) electrons. The lowest BCUT2D eigenvalue weighted by atomic mass is 10.1. The van der Waals surface area contributed by atoms with E-state index in [4.69, 9.17) is 0 Å². The van der Waals surface area contributed by atoms with Crippen LogP contribution in [0.25, 0.3) is 0 Å². The Morgan fingerprint density at radius 3 is 2.67 bits per heavy atom. The van der Waals surface area contributed by atoms with Crippen molar-refractivity contribution in [2.24, 2.45) is 13.0 Å². The molecule has 1 aromatic heterocycles. The fourth-order valence-corrected chi connectivity index (χ4v) is 1.81. The van der Waals surface area contributed by atoms with Crippen molar-refractivity contribution < 1.29 is 5.11 Å². The van der Waals surface area contributed by atoms with Gasteiger partial charge in [-0.15, -0.1) is 0 Å². The highest BCUT2D eigenvalue weighted by atomic mass is 16.3. The first kappa shape index (κ1) is 7.80. The summed E-state index contributed by atoms with van der Waals surface area (Å²) in [4.78, 5) is 0. The molecular weight excluding hydrogens is 152 g/mol. The third kappa shape index (κ3) is 0.894. The molecule has 2 atom stereocenters. The highest BCUT2D eigenvalue weighted by Crippen LogP contribution is 2.52. The van der Waals surface area contributed by atoms with Gasteiger partial charge in [0.1, 0.15) is 0 Å². The van der Waals surface area contributed by atoms with Gasteiger partial charge in [0.15, 0.2) is 0 Å². The third-order valence-electron chi connectivity index (χ3n) is 2.75. The first-order valence-electron chi connectivity index (χ1n) is 4.27. The predicted molar refractivity (Wildman–Crippen MR) is 45.6 cm³/mol. The summed E-state index contributed by atoms with van der Waals surface area (Å²) in [5, 5.41) is 14.2. The van der Waals surface area contributed by atoms with Crippen molar-refractivity contribution in [3.63, 3.8) is 0 Å². The lowest BCUT2D eigenvalue weighted by molar-refractivity contribution is 0.134. The van der Waals surface area contributed by atoms with Crippen LogP contribution >= 0.6 is 0 Å². The third-order valence-corrected chi connectivity index (χ3v) is 2.75. The zero-order valence-electron chi connectivity index (χ0n) is 7.70. The maximum Gasteiger partial charge on any atom is 0.0959 e. The molecule has 1 saturated carbocycles. The summed E-state index contributed by atoms with van der Waals surface area (Å²) >= 11 is 0. The van der Waals surface area contributed by atoms with Gasteiger partial charge in [0.2, 0.25) is 0 Å². The molecule has 1 fully saturated rings. The number of aromatic nitrogens is 2. The van der Waals surface area contributed by atoms with Crippen LogP contribution in [0.2, 0.25) is 0 Å². The van der Waals surface area contributed by atoms with Gasteiger partial charge in [-0.2, -0.15) is 5.10 Å². The average Bonchev–Trinajstić information content (AvgIpc) is 2.37. The van der Waals surface area contributed by atoms with Crippen LogP contribution in [0.1, 0.15) is 24.6 Å². The average molecular weight is 166 g/mol. The Morgan fingerprint density at radius 1 is 1.75 bits per heavy atom. The summed E-state index contributed by atoms with van der Waals surface area (Å²) < 4.78 is 1.76. The van der Waals surface area contributed by atoms with Crippen LogP contribution in [0, 0.1) is 12.8 Å². The van der Waals surface area contributed by atoms with Crippen LogP contribution in [-0.4, -0.2) is 14.9 Å². The molecule has 0 bridgehead atoms. The van der Waals surface area contributed by atoms with Crippen LogP contribution in [0.5, 0.6) is 0 Å². The molecule has 0 aromatic carbocycles. The van der Waals surface area contributed by atoms with E-state index in [1.54, 1.807) is 4.68 Å². The van der Waals surface area contributed by atoms with E-state index in [2.05, 4.69) is 12.0 Å². The molecule has 0 saturated heterocycles. The van der Waals surface area contributed by atoms with Gasteiger partial charge >= 0.3 is 0 Å². The van der Waals surface area contributed by atoms with Crippen molar-refractivity contribution >= 4 is 0 Å². The minimum atomic E-state index is -0.571. The van der Waals surface area contributed by atoms with Gasteiger partial charge in [-0.05, 0) is 19.3 Å². The fourth-order valence-electron chi connectivity index (χ4n) is 1.81. The summed E-state index contributed by atoms with van der Waals surface area (Å²) in [6, 6.07) is 0. The standard InChI is InChI=1S/C9H14N2O/c1-6-4-9(6,12)8-5-11(3)10-7(8)2/h5-6,12H,4H2,1-3H3. The van der Waals surface area contributed by atoms with E-state index >= 15 is 0 Å². The molecule has 1 aromatic rings. The minimum absolute atomic E-state index is 0.389. The monoisotopic (exact) mass is 166 g/mol. The first-order valence-corrected chi connectivity index (χ1v) is 4.27. The lowest BCUT2D eigenvalue weighted by Crippen LogP contribution is -2.07. The van der Waals surface area contributed by atoms with Gasteiger partial charge < -0.3 is 5.11 Å². The molecule has 1 aliphatic carbocycles. The molecule has 0 amide bonds. The van der Waals surface area contributed by atoms with E-state index in [0.717, 1.165) is 17.7 Å². The summed E-state index contributed by atoms with van der Waals surface area (Å²) in [5.74, 6) is 0.389. The van der Waals surface area contributed by atoms with Crippen molar-refractivity contribution in [3.8, 4) is 0 Å². The van der Waals surface area contributed by atoms with Gasteiger partial charge in [-0.1, -0.05) is 6.92 Å². The van der Waals surface area contributed by atoms with Crippen LogP contribution in [-0.2, 0) is 12.6 Å². The van der Waals surface area contributed by atoms with Crippen molar-refractivity contribution in [3.05, 3.63) is 17.5 Å². The highest BCUT2D eigenvalue weighted by molar-refractivity contribution is 5.30. The van der Waals surface area contributed by atoms with Crippen molar-refractivity contribution in [2.45, 2.75) is 25.9 Å². The fraction of sp³-hybridized carbons (Fsp3) is 0.667. The molecule has 3 heteroatoms. The molecule has 66 valence electrons. The maximum absolute atomic E-state index is 10.0. The molecule has 1 heterocycles. The molecule has 0 spiro atoms. The Kier molecular flexibility index (Phi) is 1.37. The van der Waals surface area contributed by atoms with Crippen molar-refractivity contribution in [2.75, 3.05) is 0 Å². The smallest absolute Gasteiger partial charge is 0.0959 e. The topological polar surface area (TPSA) is 38.0 Å². The van der Waals surface area contributed by atoms with Gasteiger partial charge in [0.05, 0.1) is 11.3 Å².